The Labute approximate surface area is 111 Å². The van der Waals surface area contributed by atoms with E-state index in [2.05, 4.69) is 34.0 Å². The highest BCUT2D eigenvalue weighted by molar-refractivity contribution is 5.47. The minimum atomic E-state index is 0.180. The third kappa shape index (κ3) is 2.14. The van der Waals surface area contributed by atoms with Gasteiger partial charge in [0.1, 0.15) is 17.8 Å². The quantitative estimate of drug-likeness (QED) is 0.720. The van der Waals surface area contributed by atoms with Crippen LogP contribution in [-0.2, 0) is 0 Å². The highest BCUT2D eigenvalue weighted by Gasteiger charge is 2.11. The van der Waals surface area contributed by atoms with Gasteiger partial charge >= 0.3 is 0 Å². The molecular formula is C14H14N4O. The van der Waals surface area contributed by atoms with Gasteiger partial charge in [0.2, 0.25) is 0 Å². The Balaban J connectivity index is 1.93. The highest BCUT2D eigenvalue weighted by Crippen LogP contribution is 2.22. The molecule has 3 rings (SSSR count). The molecule has 2 heterocycles. The lowest BCUT2D eigenvalue weighted by molar-refractivity contribution is 0.414. The Bertz CT molecular complexity index is 647. The van der Waals surface area contributed by atoms with Crippen LogP contribution >= 0.6 is 0 Å². The van der Waals surface area contributed by atoms with Crippen molar-refractivity contribution in [1.82, 2.24) is 19.5 Å². The fourth-order valence-corrected chi connectivity index (χ4v) is 2.02. The molecule has 0 saturated carbocycles. The minimum absolute atomic E-state index is 0.180. The lowest BCUT2D eigenvalue weighted by Gasteiger charge is -2.16. The summed E-state index contributed by atoms with van der Waals surface area (Å²) in [6.07, 6.45) is 5.27. The van der Waals surface area contributed by atoms with Crippen LogP contribution in [0.3, 0.4) is 0 Å². The van der Waals surface area contributed by atoms with Crippen molar-refractivity contribution in [2.24, 2.45) is 0 Å². The maximum Gasteiger partial charge on any atom is 0.182 e. The standard InChI is InChI=1S/C14H14N4O/c1-10(11-3-5-12(19-2)6-4-11)18-7-13-14(17-9-18)16-8-15-13/h3-10H,1-2H3. The number of imidazole rings is 1. The van der Waals surface area contributed by atoms with Crippen molar-refractivity contribution in [2.75, 3.05) is 7.11 Å². The molecule has 2 aliphatic heterocycles. The lowest BCUT2D eigenvalue weighted by Crippen LogP contribution is -2.08. The van der Waals surface area contributed by atoms with Crippen LogP contribution in [0.1, 0.15) is 18.5 Å². The fourth-order valence-electron chi connectivity index (χ4n) is 2.02. The smallest absolute Gasteiger partial charge is 0.182 e. The zero-order chi connectivity index (χ0) is 13.2. The van der Waals surface area contributed by atoms with Crippen molar-refractivity contribution < 1.29 is 4.74 Å². The zero-order valence-corrected chi connectivity index (χ0v) is 10.8. The van der Waals surface area contributed by atoms with Crippen LogP contribution in [-0.4, -0.2) is 26.6 Å². The molecule has 1 aromatic rings. The van der Waals surface area contributed by atoms with E-state index in [9.17, 15) is 0 Å². The van der Waals surface area contributed by atoms with Crippen molar-refractivity contribution in [2.45, 2.75) is 13.0 Å². The van der Waals surface area contributed by atoms with Crippen molar-refractivity contribution in [1.29, 1.82) is 0 Å². The van der Waals surface area contributed by atoms with Gasteiger partial charge in [-0.05, 0) is 24.6 Å². The third-order valence-corrected chi connectivity index (χ3v) is 3.24. The summed E-state index contributed by atoms with van der Waals surface area (Å²) < 4.78 is 7.19. The average molecular weight is 254 g/mol. The summed E-state index contributed by atoms with van der Waals surface area (Å²) >= 11 is 0. The molecule has 1 aromatic carbocycles. The number of hydrogen-bond acceptors (Lipinski definition) is 4. The van der Waals surface area contributed by atoms with Gasteiger partial charge in [-0.3, -0.25) is 0 Å². The number of fused-ring (bicyclic) bond motifs is 1. The molecule has 1 unspecified atom stereocenters. The summed E-state index contributed by atoms with van der Waals surface area (Å²) in [7, 11) is 1.67. The molecule has 1 atom stereocenters. The first-order valence-electron chi connectivity index (χ1n) is 6.06. The molecule has 96 valence electrons. The molecule has 5 heteroatoms. The first-order chi connectivity index (χ1) is 9.28. The van der Waals surface area contributed by atoms with Gasteiger partial charge in [0.05, 0.1) is 19.5 Å². The van der Waals surface area contributed by atoms with Gasteiger partial charge in [-0.25, -0.2) is 15.0 Å². The number of rotatable bonds is 3. The van der Waals surface area contributed by atoms with Crippen LogP contribution in [0.4, 0.5) is 0 Å². The van der Waals surface area contributed by atoms with Crippen molar-refractivity contribution >= 4 is 0 Å². The first-order valence-corrected chi connectivity index (χ1v) is 6.06. The molecule has 0 fully saturated rings. The van der Waals surface area contributed by atoms with Crippen LogP contribution in [0.2, 0.25) is 0 Å². The van der Waals surface area contributed by atoms with Crippen LogP contribution < -0.4 is 4.74 Å². The maximum atomic E-state index is 5.16. The SMILES string of the molecule is COc1ccc(C(C)n2cnc3ncnc-3c2)cc1. The van der Waals surface area contributed by atoms with E-state index in [-0.39, 0.29) is 6.04 Å². The molecule has 0 aromatic heterocycles. The Kier molecular flexibility index (Phi) is 2.87. The molecule has 19 heavy (non-hydrogen) atoms. The Morgan fingerprint density at radius 2 is 1.89 bits per heavy atom. The largest absolute Gasteiger partial charge is 0.497 e. The third-order valence-electron chi connectivity index (χ3n) is 3.24. The molecule has 0 saturated heterocycles. The number of ether oxygens (including phenoxy) is 1. The number of methoxy groups -OCH3 is 1. The van der Waals surface area contributed by atoms with E-state index in [1.807, 2.05) is 22.9 Å². The van der Waals surface area contributed by atoms with Crippen LogP contribution in [0, 0.1) is 0 Å². The zero-order valence-electron chi connectivity index (χ0n) is 10.8. The monoisotopic (exact) mass is 254 g/mol. The number of hydrogen-bond donors (Lipinski definition) is 0. The van der Waals surface area contributed by atoms with E-state index < -0.39 is 0 Å². The van der Waals surface area contributed by atoms with E-state index in [0.717, 1.165) is 11.4 Å². The molecule has 2 aliphatic rings. The molecule has 0 radical (unpaired) electrons. The Morgan fingerprint density at radius 1 is 1.11 bits per heavy atom. The van der Waals surface area contributed by atoms with Gasteiger partial charge in [-0.15, -0.1) is 0 Å². The summed E-state index contributed by atoms with van der Waals surface area (Å²) in [6.45, 7) is 2.12. The van der Waals surface area contributed by atoms with E-state index in [4.69, 9.17) is 4.74 Å². The van der Waals surface area contributed by atoms with E-state index in [1.54, 1.807) is 13.4 Å². The second-order valence-electron chi connectivity index (χ2n) is 4.35. The molecule has 0 N–H and O–H groups in total. The second kappa shape index (κ2) is 4.68. The molecule has 0 amide bonds. The molecule has 0 spiro atoms. The molecule has 5 nitrogen and oxygen atoms in total. The van der Waals surface area contributed by atoms with E-state index in [1.165, 1.54) is 11.9 Å². The summed E-state index contributed by atoms with van der Waals surface area (Å²) in [6, 6.07) is 8.20. The fraction of sp³-hybridized carbons (Fsp3) is 0.214. The van der Waals surface area contributed by atoms with Gasteiger partial charge in [0.25, 0.3) is 0 Å². The predicted molar refractivity (Wildman–Crippen MR) is 71.2 cm³/mol. The Hall–Kier alpha value is -2.43. The second-order valence-corrected chi connectivity index (χ2v) is 4.35. The van der Waals surface area contributed by atoms with E-state index >= 15 is 0 Å². The molecule has 0 bridgehead atoms. The Morgan fingerprint density at radius 3 is 2.63 bits per heavy atom. The van der Waals surface area contributed by atoms with Gasteiger partial charge in [-0.2, -0.15) is 0 Å². The van der Waals surface area contributed by atoms with Crippen molar-refractivity contribution in [3.05, 3.63) is 48.7 Å². The normalized spacial score (nSPS) is 12.5. The van der Waals surface area contributed by atoms with Gasteiger partial charge in [-0.1, -0.05) is 12.1 Å². The topological polar surface area (TPSA) is 52.8 Å². The van der Waals surface area contributed by atoms with Crippen molar-refractivity contribution in [3.63, 3.8) is 0 Å². The van der Waals surface area contributed by atoms with Gasteiger partial charge in [0, 0.05) is 6.20 Å². The summed E-state index contributed by atoms with van der Waals surface area (Å²) in [4.78, 5) is 12.5. The summed E-state index contributed by atoms with van der Waals surface area (Å²) in [5.74, 6) is 1.54. The first kappa shape index (κ1) is 11.6. The number of aromatic nitrogens is 4. The molecular weight excluding hydrogens is 240 g/mol. The number of nitrogens with zero attached hydrogens (tertiary/aromatic N) is 4. The van der Waals surface area contributed by atoms with Gasteiger partial charge in [0.15, 0.2) is 5.82 Å². The van der Waals surface area contributed by atoms with Gasteiger partial charge < -0.3 is 9.30 Å². The highest BCUT2D eigenvalue weighted by atomic mass is 16.5. The number of benzene rings is 1. The van der Waals surface area contributed by atoms with Crippen LogP contribution in [0.25, 0.3) is 11.5 Å². The summed E-state index contributed by atoms with van der Waals surface area (Å²) in [5.41, 5.74) is 1.99. The maximum absolute atomic E-state index is 5.16. The van der Waals surface area contributed by atoms with Crippen LogP contribution in [0.5, 0.6) is 5.75 Å². The molecule has 0 aliphatic carbocycles. The average Bonchev–Trinajstić information content (AvgIpc) is 2.94. The predicted octanol–water partition coefficient (Wildman–Crippen LogP) is 2.40. The van der Waals surface area contributed by atoms with Crippen LogP contribution in [0.15, 0.2) is 43.1 Å². The van der Waals surface area contributed by atoms with E-state index in [0.29, 0.717) is 5.82 Å². The van der Waals surface area contributed by atoms with Crippen molar-refractivity contribution in [3.8, 4) is 17.3 Å². The lowest BCUT2D eigenvalue weighted by atomic mass is 10.1. The summed E-state index contributed by atoms with van der Waals surface area (Å²) in [5, 5.41) is 0. The minimum Gasteiger partial charge on any atom is -0.497 e.